The van der Waals surface area contributed by atoms with E-state index in [4.69, 9.17) is 10.5 Å². The number of halogens is 6. The minimum absolute atomic E-state index is 0.135. The van der Waals surface area contributed by atoms with Crippen molar-refractivity contribution in [3.8, 4) is 5.75 Å². The summed E-state index contributed by atoms with van der Waals surface area (Å²) < 4.78 is 79.8. The number of rotatable bonds is 3. The molecule has 0 saturated carbocycles. The highest BCUT2D eigenvalue weighted by Gasteiger charge is 2.59. The van der Waals surface area contributed by atoms with Crippen LogP contribution in [-0.2, 0) is 0 Å². The van der Waals surface area contributed by atoms with Gasteiger partial charge in [0.1, 0.15) is 5.75 Å². The van der Waals surface area contributed by atoms with Crippen LogP contribution in [0.25, 0.3) is 0 Å². The first-order valence-electron chi connectivity index (χ1n) is 5.10. The summed E-state index contributed by atoms with van der Waals surface area (Å²) in [6.45, 7) is 0. The van der Waals surface area contributed by atoms with Crippen LogP contribution in [0.2, 0.25) is 0 Å². The Morgan fingerprint density at radius 2 is 1.58 bits per heavy atom. The second kappa shape index (κ2) is 5.28. The van der Waals surface area contributed by atoms with Crippen molar-refractivity contribution >= 4 is 0 Å². The number of benzene rings is 1. The average Bonchev–Trinajstić information content (AvgIpc) is 2.25. The first-order valence-corrected chi connectivity index (χ1v) is 5.10. The lowest BCUT2D eigenvalue weighted by atomic mass is 9.92. The molecule has 1 rings (SSSR count). The van der Waals surface area contributed by atoms with E-state index in [9.17, 15) is 26.3 Å². The molecule has 2 nitrogen and oxygen atoms in total. The Balaban J connectivity index is 3.16. The third-order valence-electron chi connectivity index (χ3n) is 2.54. The molecule has 19 heavy (non-hydrogen) atoms. The second-order valence-electron chi connectivity index (χ2n) is 3.86. The number of hydrogen-bond acceptors (Lipinski definition) is 2. The minimum Gasteiger partial charge on any atom is -0.497 e. The minimum atomic E-state index is -5.47. The Bertz CT molecular complexity index is 414. The van der Waals surface area contributed by atoms with E-state index in [1.807, 2.05) is 0 Å². The Kier molecular flexibility index (Phi) is 4.34. The summed E-state index contributed by atoms with van der Waals surface area (Å²) in [5.41, 5.74) is 4.85. The van der Waals surface area contributed by atoms with E-state index in [0.717, 1.165) is 12.1 Å². The van der Waals surface area contributed by atoms with Crippen LogP contribution >= 0.6 is 0 Å². The van der Waals surface area contributed by atoms with Crippen molar-refractivity contribution in [3.05, 3.63) is 29.8 Å². The molecule has 1 atom stereocenters. The summed E-state index contributed by atoms with van der Waals surface area (Å²) in [7, 11) is 1.25. The highest BCUT2D eigenvalue weighted by molar-refractivity contribution is 5.31. The highest BCUT2D eigenvalue weighted by Crippen LogP contribution is 2.45. The molecule has 2 N–H and O–H groups in total. The van der Waals surface area contributed by atoms with Gasteiger partial charge in [-0.15, -0.1) is 0 Å². The van der Waals surface area contributed by atoms with Gasteiger partial charge in [0.25, 0.3) is 0 Å². The first-order chi connectivity index (χ1) is 8.57. The van der Waals surface area contributed by atoms with Crippen molar-refractivity contribution in [1.82, 2.24) is 0 Å². The molecule has 0 aliphatic heterocycles. The summed E-state index contributed by atoms with van der Waals surface area (Å²) in [5, 5.41) is 0. The highest BCUT2D eigenvalue weighted by atomic mass is 19.4. The number of ether oxygens (including phenoxy) is 1. The molecule has 1 aromatic rings. The summed E-state index contributed by atoms with van der Waals surface area (Å²) >= 11 is 0. The Hall–Kier alpha value is -1.44. The Labute approximate surface area is 105 Å². The van der Waals surface area contributed by atoms with Gasteiger partial charge >= 0.3 is 12.4 Å². The van der Waals surface area contributed by atoms with Gasteiger partial charge in [-0.2, -0.15) is 26.3 Å². The van der Waals surface area contributed by atoms with Crippen molar-refractivity contribution in [3.63, 3.8) is 0 Å². The Morgan fingerprint density at radius 3 is 2.00 bits per heavy atom. The predicted molar refractivity (Wildman–Crippen MR) is 55.5 cm³/mol. The van der Waals surface area contributed by atoms with Crippen molar-refractivity contribution in [2.24, 2.45) is 11.7 Å². The van der Waals surface area contributed by atoms with Crippen LogP contribution in [0.4, 0.5) is 26.3 Å². The summed E-state index contributed by atoms with van der Waals surface area (Å²) in [6.07, 6.45) is -10.9. The molecule has 0 saturated heterocycles. The van der Waals surface area contributed by atoms with Gasteiger partial charge in [-0.1, -0.05) is 12.1 Å². The molecule has 0 heterocycles. The summed E-state index contributed by atoms with van der Waals surface area (Å²) in [4.78, 5) is 0. The largest absolute Gasteiger partial charge is 0.497 e. The first kappa shape index (κ1) is 15.6. The van der Waals surface area contributed by atoms with Gasteiger partial charge in [-0.3, -0.25) is 0 Å². The third-order valence-corrected chi connectivity index (χ3v) is 2.54. The average molecular weight is 287 g/mol. The maximum atomic E-state index is 12.5. The van der Waals surface area contributed by atoms with E-state index < -0.39 is 24.3 Å². The van der Waals surface area contributed by atoms with Crippen molar-refractivity contribution in [2.75, 3.05) is 7.11 Å². The van der Waals surface area contributed by atoms with Crippen molar-refractivity contribution in [2.45, 2.75) is 18.4 Å². The number of hydrogen-bond donors (Lipinski definition) is 1. The molecule has 0 amide bonds. The topological polar surface area (TPSA) is 35.2 Å². The van der Waals surface area contributed by atoms with Gasteiger partial charge in [0, 0.05) is 0 Å². The van der Waals surface area contributed by atoms with Gasteiger partial charge < -0.3 is 10.5 Å². The van der Waals surface area contributed by atoms with Gasteiger partial charge in [0.05, 0.1) is 13.2 Å². The van der Waals surface area contributed by atoms with E-state index in [1.165, 1.54) is 19.2 Å². The zero-order chi connectivity index (χ0) is 14.8. The lowest BCUT2D eigenvalue weighted by Crippen LogP contribution is -2.43. The fraction of sp³-hybridized carbons (Fsp3) is 0.455. The molecule has 0 bridgehead atoms. The second-order valence-corrected chi connectivity index (χ2v) is 3.86. The molecule has 1 unspecified atom stereocenters. The molecule has 108 valence electrons. The fourth-order valence-electron chi connectivity index (χ4n) is 1.63. The van der Waals surface area contributed by atoms with Crippen molar-refractivity contribution in [1.29, 1.82) is 0 Å². The lowest BCUT2D eigenvalue weighted by molar-refractivity contribution is -0.290. The molecule has 0 fully saturated rings. The van der Waals surface area contributed by atoms with E-state index in [-0.39, 0.29) is 11.3 Å². The molecule has 0 aliphatic carbocycles. The maximum absolute atomic E-state index is 12.5. The molecule has 8 heteroatoms. The van der Waals surface area contributed by atoms with Crippen LogP contribution in [0.1, 0.15) is 11.6 Å². The van der Waals surface area contributed by atoms with E-state index >= 15 is 0 Å². The summed E-state index contributed by atoms with van der Waals surface area (Å²) in [5.74, 6) is -3.48. The van der Waals surface area contributed by atoms with Gasteiger partial charge in [0.15, 0.2) is 5.92 Å². The van der Waals surface area contributed by atoms with E-state index in [0.29, 0.717) is 0 Å². The van der Waals surface area contributed by atoms with Gasteiger partial charge in [0.2, 0.25) is 0 Å². The van der Waals surface area contributed by atoms with Crippen molar-refractivity contribution < 1.29 is 31.1 Å². The number of alkyl halides is 6. The number of nitrogens with two attached hydrogens (primary N) is 1. The van der Waals surface area contributed by atoms with E-state index in [2.05, 4.69) is 0 Å². The molecule has 0 aromatic heterocycles. The lowest BCUT2D eigenvalue weighted by Gasteiger charge is -2.28. The molecule has 0 aliphatic rings. The SMILES string of the molecule is COc1cccc(C(N)C(C(F)(F)F)C(F)(F)F)c1. The molecular formula is C11H11F6NO. The van der Waals surface area contributed by atoms with Crippen LogP contribution in [0.5, 0.6) is 5.75 Å². The zero-order valence-electron chi connectivity index (χ0n) is 9.72. The van der Waals surface area contributed by atoms with Crippen LogP contribution in [0, 0.1) is 5.92 Å². The van der Waals surface area contributed by atoms with Gasteiger partial charge in [-0.05, 0) is 17.7 Å². The molecule has 1 aromatic carbocycles. The quantitative estimate of drug-likeness (QED) is 0.864. The fourth-order valence-corrected chi connectivity index (χ4v) is 1.63. The van der Waals surface area contributed by atoms with E-state index in [1.54, 1.807) is 0 Å². The van der Waals surface area contributed by atoms with Gasteiger partial charge in [-0.25, -0.2) is 0 Å². The summed E-state index contributed by atoms with van der Waals surface area (Å²) in [6, 6.07) is 2.58. The van der Waals surface area contributed by atoms with Crippen LogP contribution in [0.15, 0.2) is 24.3 Å². The molecule has 0 spiro atoms. The molecular weight excluding hydrogens is 276 g/mol. The Morgan fingerprint density at radius 1 is 1.05 bits per heavy atom. The predicted octanol–water partition coefficient (Wildman–Crippen LogP) is 3.44. The number of methoxy groups -OCH3 is 1. The van der Waals surface area contributed by atoms with Crippen LogP contribution in [-0.4, -0.2) is 19.5 Å². The van der Waals surface area contributed by atoms with Crippen LogP contribution < -0.4 is 10.5 Å². The normalized spacial score (nSPS) is 14.6. The smallest absolute Gasteiger partial charge is 0.402 e. The maximum Gasteiger partial charge on any atom is 0.402 e. The third kappa shape index (κ3) is 3.76. The van der Waals surface area contributed by atoms with Crippen LogP contribution in [0.3, 0.4) is 0 Å². The zero-order valence-corrected chi connectivity index (χ0v) is 9.72. The molecule has 0 radical (unpaired) electrons. The standard InChI is InChI=1S/C11H11F6NO/c1-19-7-4-2-3-6(5-7)8(18)9(10(12,13)14)11(15,16)17/h2-5,8-9H,18H2,1H3. The monoisotopic (exact) mass is 287 g/mol.